The third-order valence-electron chi connectivity index (χ3n) is 3.93. The lowest BCUT2D eigenvalue weighted by molar-refractivity contribution is -0.294. The summed E-state index contributed by atoms with van der Waals surface area (Å²) in [7, 11) is 0. The van der Waals surface area contributed by atoms with Crippen LogP contribution in [-0.4, -0.2) is 23.4 Å². The molecule has 6 heteroatoms. The summed E-state index contributed by atoms with van der Waals surface area (Å²) in [5.41, 5.74) is 0.988. The molecular formula is C16H14NO5-. The van der Waals surface area contributed by atoms with Gasteiger partial charge in [0.2, 0.25) is 0 Å². The molecule has 6 nitrogen and oxygen atoms in total. The van der Waals surface area contributed by atoms with Gasteiger partial charge in [-0.15, -0.1) is 0 Å². The molecule has 2 aliphatic heterocycles. The number of carboxylic acid groups (broad SMARTS) is 1. The molecule has 0 aliphatic carbocycles. The van der Waals surface area contributed by atoms with E-state index in [9.17, 15) is 19.5 Å². The van der Waals surface area contributed by atoms with E-state index in [1.807, 2.05) is 6.92 Å². The van der Waals surface area contributed by atoms with Crippen LogP contribution in [0, 0.1) is 0 Å². The van der Waals surface area contributed by atoms with Crippen LogP contribution in [0.15, 0.2) is 17.1 Å². The van der Waals surface area contributed by atoms with Crippen molar-refractivity contribution >= 4 is 29.1 Å². The van der Waals surface area contributed by atoms with E-state index in [1.165, 1.54) is 0 Å². The molecule has 0 bridgehead atoms. The first-order chi connectivity index (χ1) is 10.5. The molecule has 0 saturated heterocycles. The van der Waals surface area contributed by atoms with Gasteiger partial charge in [0.25, 0.3) is 0 Å². The Balaban J connectivity index is 2.09. The number of fused-ring (bicyclic) bond motifs is 3. The zero-order valence-electron chi connectivity index (χ0n) is 12.0. The van der Waals surface area contributed by atoms with Crippen LogP contribution in [0.1, 0.15) is 65.0 Å². The summed E-state index contributed by atoms with van der Waals surface area (Å²) in [6.07, 6.45) is 1.89. The predicted molar refractivity (Wildman–Crippen MR) is 75.2 cm³/mol. The van der Waals surface area contributed by atoms with Crippen LogP contribution in [0.2, 0.25) is 0 Å². The Morgan fingerprint density at radius 1 is 1.36 bits per heavy atom. The zero-order chi connectivity index (χ0) is 15.9. The number of hydrogen-bond acceptors (Lipinski definition) is 6. The van der Waals surface area contributed by atoms with Gasteiger partial charge in [0.05, 0.1) is 34.9 Å². The number of aliphatic imine (C=N–C) groups is 1. The predicted octanol–water partition coefficient (Wildman–Crippen LogP) is 1.50. The molecule has 0 aromatic heterocycles. The van der Waals surface area contributed by atoms with Crippen molar-refractivity contribution in [2.75, 3.05) is 0 Å². The average Bonchev–Trinajstić information content (AvgIpc) is 2.81. The number of cyclic esters (lactones) is 1. The standard InChI is InChI=1S/C16H15NO5/c1-2-3-4-12-8-5-6-9-14(13(8)16(21)22-12)11(18)7-10(17-9)15(19)20/h5-6,12H,2-4,7H2,1H3,(H,19,20)/p-1. The van der Waals surface area contributed by atoms with Crippen LogP contribution in [0.25, 0.3) is 0 Å². The molecule has 1 aromatic carbocycles. The Morgan fingerprint density at radius 2 is 2.14 bits per heavy atom. The van der Waals surface area contributed by atoms with Gasteiger partial charge in [-0.25, -0.2) is 4.79 Å². The first-order valence-electron chi connectivity index (χ1n) is 7.23. The smallest absolute Gasteiger partial charge is 0.339 e. The topological polar surface area (TPSA) is 95.9 Å². The lowest BCUT2D eigenvalue weighted by Crippen LogP contribution is -2.34. The van der Waals surface area contributed by atoms with Crippen molar-refractivity contribution in [2.24, 2.45) is 4.99 Å². The highest BCUT2D eigenvalue weighted by Gasteiger charge is 2.37. The summed E-state index contributed by atoms with van der Waals surface area (Å²) in [6.45, 7) is 2.05. The molecule has 0 spiro atoms. The molecule has 22 heavy (non-hydrogen) atoms. The first kappa shape index (κ1) is 14.4. The minimum absolute atomic E-state index is 0.173. The van der Waals surface area contributed by atoms with Crippen LogP contribution < -0.4 is 5.11 Å². The Kier molecular flexibility index (Phi) is 3.52. The van der Waals surface area contributed by atoms with E-state index in [1.54, 1.807) is 12.1 Å². The number of nitrogens with zero attached hydrogens (tertiary/aromatic N) is 1. The molecule has 0 amide bonds. The second-order valence-electron chi connectivity index (χ2n) is 5.41. The van der Waals surface area contributed by atoms with Gasteiger partial charge < -0.3 is 14.6 Å². The van der Waals surface area contributed by atoms with Crippen LogP contribution in [0.3, 0.4) is 0 Å². The van der Waals surface area contributed by atoms with E-state index in [0.717, 1.165) is 12.8 Å². The molecule has 114 valence electrons. The quantitative estimate of drug-likeness (QED) is 0.785. The number of carbonyl (C=O) groups excluding carboxylic acids is 3. The monoisotopic (exact) mass is 300 g/mol. The summed E-state index contributed by atoms with van der Waals surface area (Å²) in [5.74, 6) is -2.44. The SMILES string of the molecule is CCCCC1OC(=O)c2c1ccc1c2C(=O)CC(C(=O)[O-])=N1. The number of Topliss-reactive ketones (excluding diaryl/α,β-unsaturated/α-hetero) is 1. The molecule has 1 unspecified atom stereocenters. The molecule has 0 N–H and O–H groups in total. The van der Waals surface area contributed by atoms with Crippen molar-refractivity contribution in [3.05, 3.63) is 28.8 Å². The molecular weight excluding hydrogens is 286 g/mol. The number of carboxylic acids is 1. The summed E-state index contributed by atoms with van der Waals surface area (Å²) < 4.78 is 5.35. The second kappa shape index (κ2) is 5.36. The van der Waals surface area contributed by atoms with Crippen molar-refractivity contribution in [1.82, 2.24) is 0 Å². The molecule has 3 rings (SSSR count). The summed E-state index contributed by atoms with van der Waals surface area (Å²) in [5, 5.41) is 10.9. The number of esters is 1. The number of carbonyl (C=O) groups is 3. The molecule has 1 aromatic rings. The van der Waals surface area contributed by atoms with Gasteiger partial charge >= 0.3 is 5.97 Å². The minimum atomic E-state index is -1.47. The Hall–Kier alpha value is -2.50. The fraction of sp³-hybridized carbons (Fsp3) is 0.375. The van der Waals surface area contributed by atoms with E-state index in [0.29, 0.717) is 12.0 Å². The molecule has 0 fully saturated rings. The van der Waals surface area contributed by atoms with E-state index in [2.05, 4.69) is 4.99 Å². The van der Waals surface area contributed by atoms with Gasteiger partial charge in [-0.1, -0.05) is 19.4 Å². The summed E-state index contributed by atoms with van der Waals surface area (Å²) in [6, 6.07) is 3.25. The van der Waals surface area contributed by atoms with Crippen molar-refractivity contribution in [3.8, 4) is 0 Å². The molecule has 0 radical (unpaired) electrons. The Labute approximate surface area is 126 Å². The normalized spacial score (nSPS) is 19.3. The highest BCUT2D eigenvalue weighted by molar-refractivity contribution is 6.41. The lowest BCUT2D eigenvalue weighted by atomic mass is 9.90. The molecule has 2 aliphatic rings. The van der Waals surface area contributed by atoms with Gasteiger partial charge in [0.1, 0.15) is 6.10 Å². The van der Waals surface area contributed by atoms with E-state index < -0.39 is 17.7 Å². The van der Waals surface area contributed by atoms with Crippen molar-refractivity contribution in [3.63, 3.8) is 0 Å². The third kappa shape index (κ3) is 2.20. The maximum Gasteiger partial charge on any atom is 0.339 e. The number of ether oxygens (including phenoxy) is 1. The third-order valence-corrected chi connectivity index (χ3v) is 3.93. The van der Waals surface area contributed by atoms with Gasteiger partial charge in [-0.2, -0.15) is 0 Å². The Bertz CT molecular complexity index is 719. The van der Waals surface area contributed by atoms with Gasteiger partial charge in [-0.05, 0) is 18.9 Å². The number of aliphatic carboxylic acids is 1. The van der Waals surface area contributed by atoms with Crippen molar-refractivity contribution in [2.45, 2.75) is 38.7 Å². The highest BCUT2D eigenvalue weighted by Crippen LogP contribution is 2.41. The molecule has 2 heterocycles. The maximum atomic E-state index is 12.2. The number of benzene rings is 1. The van der Waals surface area contributed by atoms with Crippen molar-refractivity contribution < 1.29 is 24.2 Å². The first-order valence-corrected chi connectivity index (χ1v) is 7.23. The number of ketones is 1. The van der Waals surface area contributed by atoms with E-state index in [-0.39, 0.29) is 35.1 Å². The number of rotatable bonds is 4. The number of hydrogen-bond donors (Lipinski definition) is 0. The minimum Gasteiger partial charge on any atom is -0.543 e. The summed E-state index contributed by atoms with van der Waals surface area (Å²) >= 11 is 0. The van der Waals surface area contributed by atoms with E-state index >= 15 is 0 Å². The fourth-order valence-electron chi connectivity index (χ4n) is 2.87. The van der Waals surface area contributed by atoms with Crippen LogP contribution in [0.4, 0.5) is 5.69 Å². The average molecular weight is 300 g/mol. The van der Waals surface area contributed by atoms with Gasteiger partial charge in [0, 0.05) is 5.56 Å². The van der Waals surface area contributed by atoms with Gasteiger partial charge in [-0.3, -0.25) is 9.79 Å². The molecule has 0 saturated carbocycles. The fourth-order valence-corrected chi connectivity index (χ4v) is 2.87. The van der Waals surface area contributed by atoms with Crippen LogP contribution in [-0.2, 0) is 9.53 Å². The maximum absolute atomic E-state index is 12.2. The highest BCUT2D eigenvalue weighted by atomic mass is 16.5. The lowest BCUT2D eigenvalue weighted by Gasteiger charge is -2.17. The van der Waals surface area contributed by atoms with E-state index in [4.69, 9.17) is 4.74 Å². The van der Waals surface area contributed by atoms with Crippen LogP contribution >= 0.6 is 0 Å². The second-order valence-corrected chi connectivity index (χ2v) is 5.41. The molecule has 1 atom stereocenters. The summed E-state index contributed by atoms with van der Waals surface area (Å²) in [4.78, 5) is 39.2. The Morgan fingerprint density at radius 3 is 2.82 bits per heavy atom. The van der Waals surface area contributed by atoms with Crippen LogP contribution in [0.5, 0.6) is 0 Å². The van der Waals surface area contributed by atoms with Crippen molar-refractivity contribution in [1.29, 1.82) is 0 Å². The largest absolute Gasteiger partial charge is 0.543 e. The zero-order valence-corrected chi connectivity index (χ0v) is 12.0. The van der Waals surface area contributed by atoms with Gasteiger partial charge in [0.15, 0.2) is 5.78 Å². The number of unbranched alkanes of at least 4 members (excludes halogenated alkanes) is 1.